The molecule has 2 atom stereocenters. The molecule has 3 nitrogen and oxygen atoms in total. The van der Waals surface area contributed by atoms with Crippen LogP contribution in [-0.2, 0) is 4.79 Å². The van der Waals surface area contributed by atoms with Crippen molar-refractivity contribution in [2.24, 2.45) is 11.8 Å². The summed E-state index contributed by atoms with van der Waals surface area (Å²) in [6.07, 6.45) is 9.75. The molecule has 0 spiro atoms. The summed E-state index contributed by atoms with van der Waals surface area (Å²) in [4.78, 5) is 11.9. The zero-order chi connectivity index (χ0) is 12.8. The SMILES string of the molecule is CC1CNCCC1NC(=O)CCCC1CCCC1.Cl. The van der Waals surface area contributed by atoms with Gasteiger partial charge in [0.2, 0.25) is 5.91 Å². The van der Waals surface area contributed by atoms with Gasteiger partial charge in [-0.15, -0.1) is 12.4 Å². The Morgan fingerprint density at radius 1 is 1.26 bits per heavy atom. The van der Waals surface area contributed by atoms with Gasteiger partial charge in [-0.3, -0.25) is 4.79 Å². The third-order valence-corrected chi connectivity index (χ3v) is 4.62. The fourth-order valence-corrected chi connectivity index (χ4v) is 3.36. The summed E-state index contributed by atoms with van der Waals surface area (Å²) in [6.45, 7) is 4.29. The van der Waals surface area contributed by atoms with E-state index in [0.29, 0.717) is 12.0 Å². The molecule has 2 fully saturated rings. The van der Waals surface area contributed by atoms with E-state index in [9.17, 15) is 4.79 Å². The van der Waals surface area contributed by atoms with Crippen LogP contribution in [0.2, 0.25) is 0 Å². The molecule has 0 bridgehead atoms. The summed E-state index contributed by atoms with van der Waals surface area (Å²) < 4.78 is 0. The van der Waals surface area contributed by atoms with Crippen LogP contribution < -0.4 is 10.6 Å². The minimum atomic E-state index is 0. The maximum Gasteiger partial charge on any atom is 0.220 e. The molecule has 1 saturated heterocycles. The summed E-state index contributed by atoms with van der Waals surface area (Å²) >= 11 is 0. The molecule has 0 radical (unpaired) electrons. The number of amides is 1. The first-order valence-corrected chi connectivity index (χ1v) is 7.76. The Kier molecular flexibility index (Phi) is 7.77. The average molecular weight is 289 g/mol. The van der Waals surface area contributed by atoms with Gasteiger partial charge in [-0.05, 0) is 44.2 Å². The molecular weight excluding hydrogens is 260 g/mol. The summed E-state index contributed by atoms with van der Waals surface area (Å²) in [5.74, 6) is 1.75. The van der Waals surface area contributed by atoms with Crippen LogP contribution in [0.15, 0.2) is 0 Å². The van der Waals surface area contributed by atoms with Crippen molar-refractivity contribution < 1.29 is 4.79 Å². The van der Waals surface area contributed by atoms with E-state index < -0.39 is 0 Å². The van der Waals surface area contributed by atoms with Gasteiger partial charge in [0.15, 0.2) is 0 Å². The number of hydrogen-bond donors (Lipinski definition) is 2. The Balaban J connectivity index is 0.00000180. The van der Waals surface area contributed by atoms with Crippen molar-refractivity contribution >= 4 is 18.3 Å². The minimum Gasteiger partial charge on any atom is -0.353 e. The summed E-state index contributed by atoms with van der Waals surface area (Å²) in [5.41, 5.74) is 0. The van der Waals surface area contributed by atoms with E-state index in [1.54, 1.807) is 0 Å². The van der Waals surface area contributed by atoms with Crippen LogP contribution in [0.1, 0.15) is 58.3 Å². The van der Waals surface area contributed by atoms with Gasteiger partial charge in [0.1, 0.15) is 0 Å². The van der Waals surface area contributed by atoms with E-state index in [1.165, 1.54) is 32.1 Å². The molecule has 1 heterocycles. The molecule has 1 saturated carbocycles. The highest BCUT2D eigenvalue weighted by atomic mass is 35.5. The topological polar surface area (TPSA) is 41.1 Å². The van der Waals surface area contributed by atoms with Gasteiger partial charge in [0.05, 0.1) is 0 Å². The first kappa shape index (κ1) is 16.8. The lowest BCUT2D eigenvalue weighted by atomic mass is 9.95. The predicted octanol–water partition coefficient (Wildman–Crippen LogP) is 2.88. The Morgan fingerprint density at radius 2 is 2.00 bits per heavy atom. The molecular formula is C15H29ClN2O. The third kappa shape index (κ3) is 5.70. The fraction of sp³-hybridized carbons (Fsp3) is 0.933. The largest absolute Gasteiger partial charge is 0.353 e. The molecule has 0 aromatic carbocycles. The number of rotatable bonds is 5. The van der Waals surface area contributed by atoms with Crippen LogP contribution in [0, 0.1) is 11.8 Å². The van der Waals surface area contributed by atoms with Gasteiger partial charge in [-0.1, -0.05) is 32.6 Å². The Morgan fingerprint density at radius 3 is 2.68 bits per heavy atom. The number of halogens is 1. The fourth-order valence-electron chi connectivity index (χ4n) is 3.36. The molecule has 4 heteroatoms. The van der Waals surface area contributed by atoms with Crippen LogP contribution in [0.4, 0.5) is 0 Å². The van der Waals surface area contributed by atoms with E-state index in [0.717, 1.165) is 38.3 Å². The van der Waals surface area contributed by atoms with E-state index in [4.69, 9.17) is 0 Å². The maximum absolute atomic E-state index is 11.9. The van der Waals surface area contributed by atoms with E-state index in [1.807, 2.05) is 0 Å². The lowest BCUT2D eigenvalue weighted by molar-refractivity contribution is -0.122. The molecule has 1 aliphatic carbocycles. The average Bonchev–Trinajstić information content (AvgIpc) is 2.85. The predicted molar refractivity (Wildman–Crippen MR) is 81.6 cm³/mol. The lowest BCUT2D eigenvalue weighted by Crippen LogP contribution is -2.48. The number of carbonyl (C=O) groups excluding carboxylic acids is 1. The molecule has 2 unspecified atom stereocenters. The summed E-state index contributed by atoms with van der Waals surface area (Å²) in [5, 5.41) is 6.58. The standard InChI is InChI=1S/C15H28N2O.ClH/c1-12-11-16-10-9-14(12)17-15(18)8-4-7-13-5-2-3-6-13;/h12-14,16H,2-11H2,1H3,(H,17,18);1H. The quantitative estimate of drug-likeness (QED) is 0.817. The van der Waals surface area contributed by atoms with E-state index in [2.05, 4.69) is 17.6 Å². The number of nitrogens with one attached hydrogen (secondary N) is 2. The second kappa shape index (κ2) is 8.80. The molecule has 2 N–H and O–H groups in total. The molecule has 0 aromatic rings. The first-order chi connectivity index (χ1) is 8.75. The summed E-state index contributed by atoms with van der Waals surface area (Å²) in [7, 11) is 0. The highest BCUT2D eigenvalue weighted by Crippen LogP contribution is 2.28. The third-order valence-electron chi connectivity index (χ3n) is 4.62. The van der Waals surface area contributed by atoms with Crippen molar-refractivity contribution in [3.63, 3.8) is 0 Å². The van der Waals surface area contributed by atoms with Crippen LogP contribution in [0.3, 0.4) is 0 Å². The molecule has 112 valence electrons. The monoisotopic (exact) mass is 288 g/mol. The minimum absolute atomic E-state index is 0. The van der Waals surface area contributed by atoms with Gasteiger partial charge < -0.3 is 10.6 Å². The van der Waals surface area contributed by atoms with Crippen molar-refractivity contribution in [1.82, 2.24) is 10.6 Å². The van der Waals surface area contributed by atoms with E-state index >= 15 is 0 Å². The van der Waals surface area contributed by atoms with E-state index in [-0.39, 0.29) is 18.3 Å². The Bertz CT molecular complexity index is 267. The van der Waals surface area contributed by atoms with Gasteiger partial charge in [0, 0.05) is 12.5 Å². The van der Waals surface area contributed by atoms with Gasteiger partial charge in [-0.25, -0.2) is 0 Å². The number of hydrogen-bond acceptors (Lipinski definition) is 2. The molecule has 19 heavy (non-hydrogen) atoms. The van der Waals surface area contributed by atoms with Gasteiger partial charge in [-0.2, -0.15) is 0 Å². The van der Waals surface area contributed by atoms with Crippen molar-refractivity contribution in [3.8, 4) is 0 Å². The highest BCUT2D eigenvalue weighted by molar-refractivity contribution is 5.85. The van der Waals surface area contributed by atoms with Crippen LogP contribution in [0.5, 0.6) is 0 Å². The Labute approximate surface area is 123 Å². The van der Waals surface area contributed by atoms with Crippen molar-refractivity contribution in [2.75, 3.05) is 13.1 Å². The first-order valence-electron chi connectivity index (χ1n) is 7.76. The molecule has 2 aliphatic rings. The van der Waals surface area contributed by atoms with Crippen molar-refractivity contribution in [2.45, 2.75) is 64.3 Å². The second-order valence-electron chi connectivity index (χ2n) is 6.19. The molecule has 1 aliphatic heterocycles. The van der Waals surface area contributed by atoms with Gasteiger partial charge in [0.25, 0.3) is 0 Å². The van der Waals surface area contributed by atoms with Crippen molar-refractivity contribution in [1.29, 1.82) is 0 Å². The van der Waals surface area contributed by atoms with Crippen LogP contribution in [0.25, 0.3) is 0 Å². The summed E-state index contributed by atoms with van der Waals surface area (Å²) in [6, 6.07) is 0.394. The highest BCUT2D eigenvalue weighted by Gasteiger charge is 2.22. The van der Waals surface area contributed by atoms with Crippen LogP contribution in [-0.4, -0.2) is 25.0 Å². The van der Waals surface area contributed by atoms with Crippen LogP contribution >= 0.6 is 12.4 Å². The maximum atomic E-state index is 11.9. The smallest absolute Gasteiger partial charge is 0.220 e. The molecule has 1 amide bonds. The normalized spacial score (nSPS) is 27.8. The number of carbonyl (C=O) groups is 1. The second-order valence-corrected chi connectivity index (χ2v) is 6.19. The molecule has 2 rings (SSSR count). The van der Waals surface area contributed by atoms with Crippen molar-refractivity contribution in [3.05, 3.63) is 0 Å². The molecule has 0 aromatic heterocycles. The zero-order valence-corrected chi connectivity index (χ0v) is 12.9. The Hall–Kier alpha value is -0.280. The number of piperidine rings is 1. The van der Waals surface area contributed by atoms with Gasteiger partial charge >= 0.3 is 0 Å². The lowest BCUT2D eigenvalue weighted by Gasteiger charge is -2.30. The zero-order valence-electron chi connectivity index (χ0n) is 12.1.